The van der Waals surface area contributed by atoms with Crippen molar-refractivity contribution in [3.8, 4) is 0 Å². The average molecular weight is 441 g/mol. The summed E-state index contributed by atoms with van der Waals surface area (Å²) in [6.07, 6.45) is -0.524. The maximum Gasteiger partial charge on any atom is 0.433 e. The molecule has 1 saturated carbocycles. The van der Waals surface area contributed by atoms with Gasteiger partial charge in [-0.25, -0.2) is 19.2 Å². The molecule has 0 spiro atoms. The molecule has 5 rings (SSSR count). The second kappa shape index (κ2) is 7.43. The van der Waals surface area contributed by atoms with E-state index in [1.807, 2.05) is 31.2 Å². The van der Waals surface area contributed by atoms with Crippen LogP contribution in [0, 0.1) is 6.92 Å². The van der Waals surface area contributed by atoms with Crippen LogP contribution in [-0.2, 0) is 12.7 Å². The number of rotatable bonds is 5. The molecule has 32 heavy (non-hydrogen) atoms. The van der Waals surface area contributed by atoms with E-state index in [1.54, 1.807) is 4.68 Å². The highest BCUT2D eigenvalue weighted by Crippen LogP contribution is 2.41. The van der Waals surface area contributed by atoms with Gasteiger partial charge in [0.05, 0.1) is 12.7 Å². The first kappa shape index (κ1) is 20.2. The molecule has 164 valence electrons. The molecule has 1 aliphatic rings. The SMILES string of the molecule is Cc1cccc(Cn2cnc(NC(=O)c3cnn4c(C(F)(F)F)cc(C5CC5)nc34)n2)c1. The largest absolute Gasteiger partial charge is 0.433 e. The molecule has 0 radical (unpaired) electrons. The van der Waals surface area contributed by atoms with E-state index >= 15 is 0 Å². The third-order valence-corrected chi connectivity index (χ3v) is 5.21. The molecule has 1 aliphatic carbocycles. The number of aromatic nitrogens is 6. The van der Waals surface area contributed by atoms with E-state index in [1.165, 1.54) is 6.33 Å². The third kappa shape index (κ3) is 3.93. The van der Waals surface area contributed by atoms with Gasteiger partial charge in [-0.2, -0.15) is 18.3 Å². The van der Waals surface area contributed by atoms with Crippen molar-refractivity contribution in [2.24, 2.45) is 0 Å². The first-order chi connectivity index (χ1) is 15.3. The topological polar surface area (TPSA) is 90.0 Å². The lowest BCUT2D eigenvalue weighted by atomic mass is 10.1. The van der Waals surface area contributed by atoms with Crippen molar-refractivity contribution in [2.45, 2.75) is 38.4 Å². The van der Waals surface area contributed by atoms with Gasteiger partial charge in [0.15, 0.2) is 5.65 Å². The zero-order valence-corrected chi connectivity index (χ0v) is 17.0. The summed E-state index contributed by atoms with van der Waals surface area (Å²) in [5.74, 6) is -0.663. The monoisotopic (exact) mass is 441 g/mol. The first-order valence-electron chi connectivity index (χ1n) is 10.00. The van der Waals surface area contributed by atoms with E-state index in [2.05, 4.69) is 25.5 Å². The van der Waals surface area contributed by atoms with E-state index in [-0.39, 0.29) is 23.1 Å². The average Bonchev–Trinajstić information content (AvgIpc) is 3.35. The number of amides is 1. The molecular weight excluding hydrogens is 423 g/mol. The Balaban J connectivity index is 1.41. The van der Waals surface area contributed by atoms with Crippen molar-refractivity contribution in [3.63, 3.8) is 0 Å². The summed E-state index contributed by atoms with van der Waals surface area (Å²) >= 11 is 0. The number of benzene rings is 1. The van der Waals surface area contributed by atoms with Crippen LogP contribution in [0.2, 0.25) is 0 Å². The summed E-state index contributed by atoms with van der Waals surface area (Å²) < 4.78 is 42.8. The molecule has 3 heterocycles. The summed E-state index contributed by atoms with van der Waals surface area (Å²) in [7, 11) is 0. The second-order valence-corrected chi connectivity index (χ2v) is 7.84. The number of halogens is 3. The highest BCUT2D eigenvalue weighted by molar-refractivity contribution is 6.07. The first-order valence-corrected chi connectivity index (χ1v) is 10.00. The van der Waals surface area contributed by atoms with Gasteiger partial charge in [0.1, 0.15) is 17.6 Å². The van der Waals surface area contributed by atoms with Crippen LogP contribution in [0.4, 0.5) is 19.1 Å². The number of hydrogen-bond donors (Lipinski definition) is 1. The predicted octanol–water partition coefficient (Wildman–Crippen LogP) is 3.83. The van der Waals surface area contributed by atoms with Crippen LogP contribution in [0.3, 0.4) is 0 Å². The molecule has 0 unspecified atom stereocenters. The van der Waals surface area contributed by atoms with Crippen molar-refractivity contribution >= 4 is 17.5 Å². The Morgan fingerprint density at radius 2 is 2.06 bits per heavy atom. The minimum Gasteiger partial charge on any atom is -0.289 e. The molecule has 11 heteroatoms. The van der Waals surface area contributed by atoms with E-state index in [0.29, 0.717) is 16.8 Å². The number of carbonyl (C=O) groups is 1. The fraction of sp³-hybridized carbons (Fsp3) is 0.286. The summed E-state index contributed by atoms with van der Waals surface area (Å²) in [5.41, 5.74) is 1.28. The van der Waals surface area contributed by atoms with Crippen LogP contribution in [0.15, 0.2) is 42.9 Å². The van der Waals surface area contributed by atoms with Crippen LogP contribution in [0.1, 0.15) is 51.6 Å². The van der Waals surface area contributed by atoms with Crippen LogP contribution in [0.5, 0.6) is 0 Å². The quantitative estimate of drug-likeness (QED) is 0.509. The summed E-state index contributed by atoms with van der Waals surface area (Å²) in [6, 6.07) is 8.90. The Hall–Kier alpha value is -3.76. The van der Waals surface area contributed by atoms with Gasteiger partial charge < -0.3 is 0 Å². The van der Waals surface area contributed by atoms with E-state index in [0.717, 1.165) is 36.2 Å². The molecule has 0 atom stereocenters. The Labute approximate surface area is 180 Å². The zero-order chi connectivity index (χ0) is 22.5. The third-order valence-electron chi connectivity index (χ3n) is 5.21. The maximum atomic E-state index is 13.5. The number of nitrogens with zero attached hydrogens (tertiary/aromatic N) is 6. The fourth-order valence-electron chi connectivity index (χ4n) is 3.53. The van der Waals surface area contributed by atoms with Crippen molar-refractivity contribution < 1.29 is 18.0 Å². The van der Waals surface area contributed by atoms with Gasteiger partial charge in [-0.05, 0) is 31.4 Å². The standard InChI is InChI=1S/C21H18F3N7O/c1-12-3-2-4-13(7-12)10-30-11-25-20(29-30)28-19(32)15-9-26-31-17(21(22,23)24)8-16(14-5-6-14)27-18(15)31/h2-4,7-9,11,14H,5-6,10H2,1H3,(H,28,29,32). The summed E-state index contributed by atoms with van der Waals surface area (Å²) in [6.45, 7) is 2.45. The smallest absolute Gasteiger partial charge is 0.289 e. The highest BCUT2D eigenvalue weighted by atomic mass is 19.4. The van der Waals surface area contributed by atoms with E-state index in [9.17, 15) is 18.0 Å². The Bertz CT molecular complexity index is 1320. The van der Waals surface area contributed by atoms with Crippen molar-refractivity contribution in [2.75, 3.05) is 5.32 Å². The molecule has 1 aromatic carbocycles. The lowest BCUT2D eigenvalue weighted by molar-refractivity contribution is -0.142. The lowest BCUT2D eigenvalue weighted by Gasteiger charge is -2.11. The highest BCUT2D eigenvalue weighted by Gasteiger charge is 2.38. The van der Waals surface area contributed by atoms with Gasteiger partial charge in [-0.3, -0.25) is 10.1 Å². The van der Waals surface area contributed by atoms with Crippen LogP contribution < -0.4 is 5.32 Å². The molecular formula is C21H18F3N7O. The number of hydrogen-bond acceptors (Lipinski definition) is 5. The molecule has 1 fully saturated rings. The van der Waals surface area contributed by atoms with Crippen LogP contribution in [-0.4, -0.2) is 35.3 Å². The van der Waals surface area contributed by atoms with E-state index in [4.69, 9.17) is 0 Å². The van der Waals surface area contributed by atoms with Crippen LogP contribution >= 0.6 is 0 Å². The van der Waals surface area contributed by atoms with Gasteiger partial charge in [-0.15, -0.1) is 5.10 Å². The van der Waals surface area contributed by atoms with Gasteiger partial charge >= 0.3 is 6.18 Å². The molecule has 1 N–H and O–H groups in total. The number of nitrogens with one attached hydrogen (secondary N) is 1. The maximum absolute atomic E-state index is 13.5. The van der Waals surface area contributed by atoms with Gasteiger partial charge in [0.2, 0.25) is 5.95 Å². The number of aryl methyl sites for hydroxylation is 1. The Kier molecular flexibility index (Phi) is 4.68. The molecule has 4 aromatic rings. The van der Waals surface area contributed by atoms with Gasteiger partial charge in [-0.1, -0.05) is 29.8 Å². The normalized spacial score (nSPS) is 14.1. The molecule has 0 bridgehead atoms. The summed E-state index contributed by atoms with van der Waals surface area (Å²) in [5, 5.41) is 10.5. The number of anilines is 1. The lowest BCUT2D eigenvalue weighted by Crippen LogP contribution is -2.16. The zero-order valence-electron chi connectivity index (χ0n) is 17.0. The van der Waals surface area contributed by atoms with Crippen molar-refractivity contribution in [1.29, 1.82) is 0 Å². The second-order valence-electron chi connectivity index (χ2n) is 7.84. The van der Waals surface area contributed by atoms with Crippen molar-refractivity contribution in [3.05, 3.63) is 70.9 Å². The Morgan fingerprint density at radius 3 is 2.78 bits per heavy atom. The molecule has 3 aromatic heterocycles. The Morgan fingerprint density at radius 1 is 1.25 bits per heavy atom. The summed E-state index contributed by atoms with van der Waals surface area (Å²) in [4.78, 5) is 21.2. The van der Waals surface area contributed by atoms with Gasteiger partial charge in [0, 0.05) is 11.6 Å². The number of alkyl halides is 3. The predicted molar refractivity (Wildman–Crippen MR) is 108 cm³/mol. The van der Waals surface area contributed by atoms with Gasteiger partial charge in [0.25, 0.3) is 5.91 Å². The minimum atomic E-state index is -4.62. The number of carbonyl (C=O) groups excluding carboxylic acids is 1. The van der Waals surface area contributed by atoms with Crippen molar-refractivity contribution in [1.82, 2.24) is 29.4 Å². The molecule has 0 aliphatic heterocycles. The molecule has 8 nitrogen and oxygen atoms in total. The van der Waals surface area contributed by atoms with E-state index < -0.39 is 17.8 Å². The molecule has 0 saturated heterocycles. The van der Waals surface area contributed by atoms with Crippen LogP contribution in [0.25, 0.3) is 5.65 Å². The fourth-order valence-corrected chi connectivity index (χ4v) is 3.53. The molecule has 1 amide bonds. The number of fused-ring (bicyclic) bond motifs is 1. The minimum absolute atomic E-state index is 0.0223.